The zero-order valence-electron chi connectivity index (χ0n) is 19.4. The van der Waals surface area contributed by atoms with Crippen LogP contribution >= 0.6 is 23.2 Å². The van der Waals surface area contributed by atoms with E-state index < -0.39 is 27.1 Å². The summed E-state index contributed by atoms with van der Waals surface area (Å²) in [5.74, 6) is -0.901. The van der Waals surface area contributed by atoms with Crippen molar-refractivity contribution in [2.24, 2.45) is 5.92 Å². The second-order valence-electron chi connectivity index (χ2n) is 8.80. The number of nitrogens with zero attached hydrogens (tertiary/aromatic N) is 5. The van der Waals surface area contributed by atoms with E-state index in [0.29, 0.717) is 27.1 Å². The van der Waals surface area contributed by atoms with Gasteiger partial charge in [-0.1, -0.05) is 35.3 Å². The second-order valence-corrected chi connectivity index (χ2v) is 11.6. The first-order valence-electron chi connectivity index (χ1n) is 11.3. The Morgan fingerprint density at radius 2 is 1.59 bits per heavy atom. The van der Waals surface area contributed by atoms with Gasteiger partial charge < -0.3 is 4.90 Å². The largest absolute Gasteiger partial charge is 0.391 e. The Labute approximate surface area is 220 Å². The molecule has 0 unspecified atom stereocenters. The molecule has 5 rings (SSSR count). The summed E-state index contributed by atoms with van der Waals surface area (Å²) in [6, 6.07) is 13.8. The Bertz CT molecular complexity index is 1580. The van der Waals surface area contributed by atoms with Crippen molar-refractivity contribution >= 4 is 50.0 Å². The molecular weight excluding hydrogens is 550 g/mol. The Balaban J connectivity index is 1.78. The van der Waals surface area contributed by atoms with Gasteiger partial charge in [-0.2, -0.15) is 23.1 Å². The van der Waals surface area contributed by atoms with Gasteiger partial charge in [0.2, 0.25) is 9.84 Å². The molecule has 2 aromatic carbocycles. The number of rotatable bonds is 4. The first-order valence-corrected chi connectivity index (χ1v) is 13.9. The Kier molecular flexibility index (Phi) is 6.57. The second kappa shape index (κ2) is 9.45. The molecule has 0 amide bonds. The van der Waals surface area contributed by atoms with Crippen LogP contribution in [0.5, 0.6) is 0 Å². The minimum Gasteiger partial charge on any atom is -0.355 e. The molecule has 0 radical (unpaired) electrons. The first-order chi connectivity index (χ1) is 17.4. The summed E-state index contributed by atoms with van der Waals surface area (Å²) in [5.41, 5.74) is 1.57. The van der Waals surface area contributed by atoms with Crippen LogP contribution in [0.2, 0.25) is 10.0 Å². The molecule has 194 valence electrons. The summed E-state index contributed by atoms with van der Waals surface area (Å²) in [4.78, 5) is 15.0. The summed E-state index contributed by atoms with van der Waals surface area (Å²) in [7, 11) is -3.88. The number of imidazole rings is 1. The zero-order chi connectivity index (χ0) is 26.5. The maximum Gasteiger partial charge on any atom is 0.391 e. The summed E-state index contributed by atoms with van der Waals surface area (Å²) in [6.07, 6.45) is -3.60. The number of halogens is 5. The lowest BCUT2D eigenvalue weighted by Gasteiger charge is -2.33. The van der Waals surface area contributed by atoms with E-state index in [2.05, 4.69) is 9.97 Å². The molecule has 3 heterocycles. The van der Waals surface area contributed by atoms with Crippen LogP contribution in [0.1, 0.15) is 12.8 Å². The van der Waals surface area contributed by atoms with E-state index in [0.717, 1.165) is 6.26 Å². The fraction of sp³-hybridized carbons (Fsp3) is 0.292. The lowest BCUT2D eigenvalue weighted by Crippen LogP contribution is -2.39. The van der Waals surface area contributed by atoms with Crippen molar-refractivity contribution in [3.8, 4) is 17.1 Å². The number of hydrogen-bond acceptors (Lipinski definition) is 6. The number of benzene rings is 2. The Morgan fingerprint density at radius 3 is 2.19 bits per heavy atom. The molecule has 1 aliphatic rings. The van der Waals surface area contributed by atoms with Crippen molar-refractivity contribution in [1.29, 1.82) is 0 Å². The maximum absolute atomic E-state index is 13.3. The van der Waals surface area contributed by atoms with Crippen LogP contribution in [-0.4, -0.2) is 53.5 Å². The molecular formula is C24H20Cl2F3N5O2S. The van der Waals surface area contributed by atoms with Gasteiger partial charge in [-0.05, 0) is 49.2 Å². The Hall–Kier alpha value is -2.89. The van der Waals surface area contributed by atoms with Crippen LogP contribution in [0.3, 0.4) is 0 Å². The van der Waals surface area contributed by atoms with Crippen molar-refractivity contribution in [3.05, 3.63) is 58.6 Å². The van der Waals surface area contributed by atoms with E-state index in [1.54, 1.807) is 58.0 Å². The highest BCUT2D eigenvalue weighted by Crippen LogP contribution is 2.39. The van der Waals surface area contributed by atoms with Crippen molar-refractivity contribution in [1.82, 2.24) is 19.5 Å². The fourth-order valence-electron chi connectivity index (χ4n) is 4.39. The molecule has 0 aliphatic carbocycles. The summed E-state index contributed by atoms with van der Waals surface area (Å²) in [6.45, 7) is 0.0729. The van der Waals surface area contributed by atoms with Crippen LogP contribution in [0.25, 0.3) is 28.2 Å². The monoisotopic (exact) mass is 569 g/mol. The van der Waals surface area contributed by atoms with E-state index in [1.807, 2.05) is 0 Å². The maximum atomic E-state index is 13.3. The highest BCUT2D eigenvalue weighted by Gasteiger charge is 2.41. The molecule has 0 spiro atoms. The number of alkyl halides is 3. The SMILES string of the molecule is CS(=O)(=O)c1nc(N2CCC(C(F)(F)F)CC2)c2nc(-c3ccccc3Cl)n(-c3ccc(Cl)cc3)c2n1. The predicted molar refractivity (Wildman–Crippen MR) is 136 cm³/mol. The lowest BCUT2D eigenvalue weighted by molar-refractivity contribution is -0.179. The third-order valence-electron chi connectivity index (χ3n) is 6.26. The van der Waals surface area contributed by atoms with Gasteiger partial charge in [-0.3, -0.25) is 4.57 Å². The third-order valence-corrected chi connectivity index (χ3v) is 7.68. The van der Waals surface area contributed by atoms with Gasteiger partial charge in [-0.15, -0.1) is 0 Å². The number of aromatic nitrogens is 4. The van der Waals surface area contributed by atoms with Crippen LogP contribution in [0.15, 0.2) is 53.7 Å². The van der Waals surface area contributed by atoms with Gasteiger partial charge in [-0.25, -0.2) is 13.4 Å². The van der Waals surface area contributed by atoms with Gasteiger partial charge in [0.1, 0.15) is 5.82 Å². The Morgan fingerprint density at radius 1 is 0.946 bits per heavy atom. The first kappa shape index (κ1) is 25.7. The van der Waals surface area contributed by atoms with E-state index in [4.69, 9.17) is 28.2 Å². The molecule has 1 fully saturated rings. The highest BCUT2D eigenvalue weighted by atomic mass is 35.5. The van der Waals surface area contributed by atoms with E-state index >= 15 is 0 Å². The summed E-state index contributed by atoms with van der Waals surface area (Å²) in [5, 5.41) is 0.442. The van der Waals surface area contributed by atoms with Crippen molar-refractivity contribution in [3.63, 3.8) is 0 Å². The molecule has 0 atom stereocenters. The van der Waals surface area contributed by atoms with Gasteiger partial charge in [0.15, 0.2) is 17.0 Å². The lowest BCUT2D eigenvalue weighted by atomic mass is 9.96. The number of anilines is 1. The van der Waals surface area contributed by atoms with Crippen LogP contribution in [-0.2, 0) is 9.84 Å². The standard InChI is InChI=1S/C24H20Cl2F3N5O2S/c1-37(35,36)23-31-21(33-12-10-14(11-13-33)24(27,28)29)19-22(32-23)34(16-8-6-15(25)7-9-16)20(30-19)17-4-2-3-5-18(17)26/h2-9,14H,10-13H2,1H3. The van der Waals surface area contributed by atoms with Gasteiger partial charge in [0, 0.05) is 35.6 Å². The van der Waals surface area contributed by atoms with Gasteiger partial charge >= 0.3 is 6.18 Å². The van der Waals surface area contributed by atoms with Crippen LogP contribution in [0, 0.1) is 5.92 Å². The molecule has 0 bridgehead atoms. The number of piperidine rings is 1. The smallest absolute Gasteiger partial charge is 0.355 e. The van der Waals surface area contributed by atoms with Gasteiger partial charge in [0.25, 0.3) is 5.16 Å². The average Bonchev–Trinajstić information content (AvgIpc) is 3.22. The van der Waals surface area contributed by atoms with E-state index in [9.17, 15) is 21.6 Å². The van der Waals surface area contributed by atoms with Crippen LogP contribution < -0.4 is 4.90 Å². The summed E-state index contributed by atoms with van der Waals surface area (Å²) < 4.78 is 66.6. The normalized spacial score (nSPS) is 15.5. The summed E-state index contributed by atoms with van der Waals surface area (Å²) >= 11 is 12.6. The van der Waals surface area contributed by atoms with E-state index in [1.165, 1.54) is 0 Å². The fourth-order valence-corrected chi connectivity index (χ4v) is 5.24. The molecule has 2 aromatic heterocycles. The van der Waals surface area contributed by atoms with Crippen LogP contribution in [0.4, 0.5) is 19.0 Å². The zero-order valence-corrected chi connectivity index (χ0v) is 21.7. The molecule has 1 saturated heterocycles. The molecule has 0 N–H and O–H groups in total. The number of sulfone groups is 1. The quantitative estimate of drug-likeness (QED) is 0.281. The average molecular weight is 570 g/mol. The number of hydrogen-bond donors (Lipinski definition) is 0. The predicted octanol–water partition coefficient (Wildman–Crippen LogP) is 5.97. The molecule has 4 aromatic rings. The van der Waals surface area contributed by atoms with Crippen molar-refractivity contribution in [2.45, 2.75) is 24.2 Å². The molecule has 7 nitrogen and oxygen atoms in total. The van der Waals surface area contributed by atoms with Crippen molar-refractivity contribution < 1.29 is 21.6 Å². The minimum atomic E-state index is -4.29. The molecule has 37 heavy (non-hydrogen) atoms. The number of fused-ring (bicyclic) bond motifs is 1. The van der Waals surface area contributed by atoms with Gasteiger partial charge in [0.05, 0.1) is 10.9 Å². The van der Waals surface area contributed by atoms with E-state index in [-0.39, 0.29) is 42.9 Å². The molecule has 1 aliphatic heterocycles. The minimum absolute atomic E-state index is 0.0364. The third kappa shape index (κ3) is 4.99. The van der Waals surface area contributed by atoms with Crippen molar-refractivity contribution in [2.75, 3.05) is 24.2 Å². The highest BCUT2D eigenvalue weighted by molar-refractivity contribution is 7.90. The topological polar surface area (TPSA) is 81.0 Å². The molecule has 13 heteroatoms. The molecule has 0 saturated carbocycles.